The molecule has 0 saturated carbocycles. The molecule has 0 unspecified atom stereocenters. The van der Waals surface area contributed by atoms with E-state index in [0.29, 0.717) is 6.61 Å². The van der Waals surface area contributed by atoms with Gasteiger partial charge < -0.3 is 10.1 Å². The van der Waals surface area contributed by atoms with E-state index in [4.69, 9.17) is 9.72 Å². The first-order valence-electron chi connectivity index (χ1n) is 7.69. The van der Waals surface area contributed by atoms with Gasteiger partial charge in [-0.25, -0.2) is 4.98 Å². The monoisotopic (exact) mass is 304 g/mol. The summed E-state index contributed by atoms with van der Waals surface area (Å²) in [5.41, 5.74) is 1.23. The summed E-state index contributed by atoms with van der Waals surface area (Å²) in [6.07, 6.45) is 3.04. The van der Waals surface area contributed by atoms with Crippen LogP contribution in [-0.2, 0) is 19.4 Å². The molecular weight excluding hydrogens is 280 g/mol. The average Bonchev–Trinajstić information content (AvgIpc) is 2.91. The van der Waals surface area contributed by atoms with Gasteiger partial charge in [-0.3, -0.25) is 0 Å². The molecule has 0 spiro atoms. The lowest BCUT2D eigenvalue weighted by Gasteiger charge is -2.03. The van der Waals surface area contributed by atoms with Crippen LogP contribution in [0.1, 0.15) is 35.8 Å². The van der Waals surface area contributed by atoms with Crippen molar-refractivity contribution in [3.8, 4) is 5.75 Å². The highest BCUT2D eigenvalue weighted by atomic mass is 32.1. The van der Waals surface area contributed by atoms with E-state index in [2.05, 4.69) is 19.2 Å². The molecule has 0 fully saturated rings. The van der Waals surface area contributed by atoms with Crippen LogP contribution in [0.15, 0.2) is 30.3 Å². The molecule has 2 aromatic rings. The molecule has 0 aliphatic carbocycles. The highest BCUT2D eigenvalue weighted by Crippen LogP contribution is 2.20. The van der Waals surface area contributed by atoms with Crippen LogP contribution in [-0.4, -0.2) is 18.1 Å². The zero-order valence-electron chi connectivity index (χ0n) is 12.9. The van der Waals surface area contributed by atoms with Crippen LogP contribution in [0.3, 0.4) is 0 Å². The van der Waals surface area contributed by atoms with Gasteiger partial charge in [-0.1, -0.05) is 32.0 Å². The van der Waals surface area contributed by atoms with Gasteiger partial charge in [-0.2, -0.15) is 0 Å². The van der Waals surface area contributed by atoms with Crippen LogP contribution in [0.4, 0.5) is 0 Å². The summed E-state index contributed by atoms with van der Waals surface area (Å²) in [7, 11) is 0. The Morgan fingerprint density at radius 1 is 1.19 bits per heavy atom. The van der Waals surface area contributed by atoms with Crippen molar-refractivity contribution in [2.24, 2.45) is 0 Å². The summed E-state index contributed by atoms with van der Waals surface area (Å²) < 4.78 is 5.74. The largest absolute Gasteiger partial charge is 0.493 e. The van der Waals surface area contributed by atoms with E-state index in [1.165, 1.54) is 15.6 Å². The number of nitrogens with one attached hydrogen (secondary N) is 1. The fourth-order valence-corrected chi connectivity index (χ4v) is 3.22. The normalized spacial score (nSPS) is 10.8. The molecule has 1 heterocycles. The lowest BCUT2D eigenvalue weighted by molar-refractivity contribution is 0.321. The van der Waals surface area contributed by atoms with Crippen molar-refractivity contribution in [2.75, 3.05) is 13.2 Å². The second kappa shape index (κ2) is 8.80. The van der Waals surface area contributed by atoms with E-state index in [1.807, 2.05) is 41.7 Å². The van der Waals surface area contributed by atoms with E-state index >= 15 is 0 Å². The molecule has 4 heteroatoms. The molecule has 0 radical (unpaired) electrons. The van der Waals surface area contributed by atoms with Crippen LogP contribution in [0.2, 0.25) is 0 Å². The number of ether oxygens (including phenoxy) is 1. The molecule has 3 nitrogen and oxygen atoms in total. The highest BCUT2D eigenvalue weighted by Gasteiger charge is 2.09. The van der Waals surface area contributed by atoms with E-state index in [-0.39, 0.29) is 0 Å². The number of aromatic nitrogens is 1. The van der Waals surface area contributed by atoms with E-state index in [0.717, 1.165) is 38.1 Å². The highest BCUT2D eigenvalue weighted by molar-refractivity contribution is 7.11. The second-order valence-electron chi connectivity index (χ2n) is 4.92. The third kappa shape index (κ3) is 5.14. The number of aryl methyl sites for hydroxylation is 1. The van der Waals surface area contributed by atoms with Crippen molar-refractivity contribution >= 4 is 11.3 Å². The van der Waals surface area contributed by atoms with Crippen molar-refractivity contribution in [3.63, 3.8) is 0 Å². The molecule has 114 valence electrons. The van der Waals surface area contributed by atoms with Crippen LogP contribution >= 0.6 is 11.3 Å². The predicted molar refractivity (Wildman–Crippen MR) is 89.1 cm³/mol. The molecule has 0 aliphatic rings. The Kier molecular flexibility index (Phi) is 6.70. The maximum Gasteiger partial charge on any atom is 0.119 e. The molecule has 0 amide bonds. The number of benzene rings is 1. The van der Waals surface area contributed by atoms with Crippen molar-refractivity contribution in [1.29, 1.82) is 0 Å². The Hall–Kier alpha value is -1.39. The maximum absolute atomic E-state index is 5.74. The molecule has 0 atom stereocenters. The number of rotatable bonds is 9. The molecule has 21 heavy (non-hydrogen) atoms. The first kappa shape index (κ1) is 16.0. The second-order valence-corrected chi connectivity index (χ2v) is 6.09. The third-order valence-electron chi connectivity index (χ3n) is 3.20. The van der Waals surface area contributed by atoms with Gasteiger partial charge in [0.1, 0.15) is 5.75 Å². The van der Waals surface area contributed by atoms with Crippen LogP contribution in [0.25, 0.3) is 0 Å². The topological polar surface area (TPSA) is 34.1 Å². The Labute approximate surface area is 131 Å². The predicted octanol–water partition coefficient (Wildman–Crippen LogP) is 3.83. The number of thiazole rings is 1. The maximum atomic E-state index is 5.74. The van der Waals surface area contributed by atoms with Crippen molar-refractivity contribution in [1.82, 2.24) is 10.3 Å². The van der Waals surface area contributed by atoms with E-state index in [9.17, 15) is 0 Å². The van der Waals surface area contributed by atoms with Crippen molar-refractivity contribution in [2.45, 2.75) is 39.7 Å². The van der Waals surface area contributed by atoms with Gasteiger partial charge in [0.15, 0.2) is 0 Å². The standard InChI is InChI=1S/C17H24N2OS/c1-3-11-18-13-16-15(4-2)19-17(21-16)10-12-20-14-8-6-5-7-9-14/h5-9,18H,3-4,10-13H2,1-2H3. The zero-order valence-corrected chi connectivity index (χ0v) is 13.7. The van der Waals surface area contributed by atoms with Gasteiger partial charge >= 0.3 is 0 Å². The summed E-state index contributed by atoms with van der Waals surface area (Å²) in [5, 5.41) is 4.64. The lowest BCUT2D eigenvalue weighted by atomic mass is 10.3. The Bertz CT molecular complexity index is 525. The van der Waals surface area contributed by atoms with Gasteiger partial charge in [0.25, 0.3) is 0 Å². The Morgan fingerprint density at radius 2 is 2.00 bits per heavy atom. The molecular formula is C17H24N2OS. The molecule has 1 aromatic heterocycles. The Morgan fingerprint density at radius 3 is 2.71 bits per heavy atom. The third-order valence-corrected chi connectivity index (χ3v) is 4.36. The average molecular weight is 304 g/mol. The van der Waals surface area contributed by atoms with Crippen molar-refractivity contribution in [3.05, 3.63) is 45.9 Å². The molecule has 0 aliphatic heterocycles. The molecule has 2 rings (SSSR count). The van der Waals surface area contributed by atoms with Gasteiger partial charge in [0, 0.05) is 17.8 Å². The Balaban J connectivity index is 1.85. The molecule has 1 N–H and O–H groups in total. The summed E-state index contributed by atoms with van der Waals surface area (Å²) in [4.78, 5) is 6.11. The van der Waals surface area contributed by atoms with Crippen LogP contribution in [0.5, 0.6) is 5.75 Å². The number of hydrogen-bond donors (Lipinski definition) is 1. The van der Waals surface area contributed by atoms with Gasteiger partial charge in [0.2, 0.25) is 0 Å². The first-order chi connectivity index (χ1) is 10.3. The summed E-state index contributed by atoms with van der Waals surface area (Å²) in [6, 6.07) is 9.95. The quantitative estimate of drug-likeness (QED) is 0.715. The van der Waals surface area contributed by atoms with Crippen molar-refractivity contribution < 1.29 is 4.74 Å². The minimum Gasteiger partial charge on any atom is -0.493 e. The first-order valence-corrected chi connectivity index (χ1v) is 8.51. The number of para-hydroxylation sites is 1. The minimum absolute atomic E-state index is 0.683. The summed E-state index contributed by atoms with van der Waals surface area (Å²) >= 11 is 1.82. The fourth-order valence-electron chi connectivity index (χ4n) is 2.11. The van der Waals surface area contributed by atoms with Gasteiger partial charge in [0.05, 0.1) is 17.3 Å². The van der Waals surface area contributed by atoms with Crippen LogP contribution < -0.4 is 10.1 Å². The minimum atomic E-state index is 0.683. The van der Waals surface area contributed by atoms with Gasteiger partial charge in [-0.05, 0) is 31.5 Å². The number of hydrogen-bond acceptors (Lipinski definition) is 4. The summed E-state index contributed by atoms with van der Waals surface area (Å²) in [6.45, 7) is 7.04. The summed E-state index contributed by atoms with van der Waals surface area (Å²) in [5.74, 6) is 0.926. The smallest absolute Gasteiger partial charge is 0.119 e. The molecule has 1 aromatic carbocycles. The molecule has 0 saturated heterocycles. The van der Waals surface area contributed by atoms with Crippen LogP contribution in [0, 0.1) is 0 Å². The van der Waals surface area contributed by atoms with E-state index in [1.54, 1.807) is 0 Å². The number of nitrogens with zero attached hydrogens (tertiary/aromatic N) is 1. The van der Waals surface area contributed by atoms with Gasteiger partial charge in [-0.15, -0.1) is 11.3 Å². The SMILES string of the molecule is CCCNCc1sc(CCOc2ccccc2)nc1CC. The van der Waals surface area contributed by atoms with E-state index < -0.39 is 0 Å². The molecule has 0 bridgehead atoms. The fraction of sp³-hybridized carbons (Fsp3) is 0.471. The zero-order chi connectivity index (χ0) is 14.9. The lowest BCUT2D eigenvalue weighted by Crippen LogP contribution is -2.13.